The van der Waals surface area contributed by atoms with Gasteiger partial charge < -0.3 is 15.5 Å². The van der Waals surface area contributed by atoms with Crippen molar-refractivity contribution in [3.05, 3.63) is 87.4 Å². The molecule has 0 unspecified atom stereocenters. The number of aryl methyl sites for hydroxylation is 2. The van der Waals surface area contributed by atoms with Crippen molar-refractivity contribution in [3.63, 3.8) is 0 Å². The first-order valence-corrected chi connectivity index (χ1v) is 12.4. The molecule has 34 heavy (non-hydrogen) atoms. The molecule has 3 N–H and O–H groups in total. The maximum atomic E-state index is 13.4. The molecule has 0 aliphatic rings. The Morgan fingerprint density at radius 1 is 1.06 bits per heavy atom. The summed E-state index contributed by atoms with van der Waals surface area (Å²) < 4.78 is 0.903. The van der Waals surface area contributed by atoms with Crippen LogP contribution in [-0.4, -0.2) is 16.1 Å². The SMILES string of the molecule is C=C(C)c1ccc(C)cc1-c1c(O)cc(CCCCC)c(C(=O)NCc2ccccc2Br)c1O. The minimum Gasteiger partial charge on any atom is -0.507 e. The fourth-order valence-corrected chi connectivity index (χ4v) is 4.56. The van der Waals surface area contributed by atoms with Gasteiger partial charge in [-0.3, -0.25) is 4.79 Å². The summed E-state index contributed by atoms with van der Waals surface area (Å²) in [4.78, 5) is 13.4. The van der Waals surface area contributed by atoms with E-state index < -0.39 is 0 Å². The highest BCUT2D eigenvalue weighted by Crippen LogP contribution is 2.44. The maximum absolute atomic E-state index is 13.4. The van der Waals surface area contributed by atoms with E-state index in [-0.39, 0.29) is 28.5 Å². The van der Waals surface area contributed by atoms with Crippen molar-refractivity contribution in [2.24, 2.45) is 0 Å². The van der Waals surface area contributed by atoms with Gasteiger partial charge in [-0.05, 0) is 61.1 Å². The molecule has 3 rings (SSSR count). The number of unbranched alkanes of at least 4 members (excludes halogenated alkanes) is 2. The van der Waals surface area contributed by atoms with Gasteiger partial charge in [0.15, 0.2) is 0 Å². The number of amides is 1. The molecule has 4 nitrogen and oxygen atoms in total. The molecule has 0 bridgehead atoms. The predicted octanol–water partition coefficient (Wildman–Crippen LogP) is 7.53. The van der Waals surface area contributed by atoms with Gasteiger partial charge >= 0.3 is 0 Å². The Kier molecular flexibility index (Phi) is 8.56. The lowest BCUT2D eigenvalue weighted by Crippen LogP contribution is -2.24. The number of carbonyl (C=O) groups is 1. The molecule has 0 aliphatic carbocycles. The lowest BCUT2D eigenvalue weighted by atomic mass is 9.89. The first kappa shape index (κ1) is 25.6. The average Bonchev–Trinajstić information content (AvgIpc) is 2.78. The van der Waals surface area contributed by atoms with Crippen molar-refractivity contribution in [2.75, 3.05) is 0 Å². The van der Waals surface area contributed by atoms with E-state index in [2.05, 4.69) is 34.7 Å². The van der Waals surface area contributed by atoms with Gasteiger partial charge in [-0.25, -0.2) is 0 Å². The molecular weight excluding hydrogens is 490 g/mol. The normalized spacial score (nSPS) is 10.8. The summed E-state index contributed by atoms with van der Waals surface area (Å²) >= 11 is 3.51. The summed E-state index contributed by atoms with van der Waals surface area (Å²) in [6.07, 6.45) is 3.48. The van der Waals surface area contributed by atoms with Crippen LogP contribution in [0.5, 0.6) is 11.5 Å². The monoisotopic (exact) mass is 521 g/mol. The van der Waals surface area contributed by atoms with Crippen LogP contribution >= 0.6 is 15.9 Å². The topological polar surface area (TPSA) is 69.6 Å². The van der Waals surface area contributed by atoms with Crippen LogP contribution in [0.1, 0.15) is 65.7 Å². The second kappa shape index (κ2) is 11.4. The van der Waals surface area contributed by atoms with Crippen molar-refractivity contribution in [1.82, 2.24) is 5.32 Å². The molecule has 0 heterocycles. The second-order valence-corrected chi connectivity index (χ2v) is 9.57. The number of allylic oxidation sites excluding steroid dienone is 1. The van der Waals surface area contributed by atoms with Gasteiger partial charge in [0, 0.05) is 11.0 Å². The highest BCUT2D eigenvalue weighted by Gasteiger charge is 2.25. The van der Waals surface area contributed by atoms with E-state index in [1.807, 2.05) is 56.3 Å². The van der Waals surface area contributed by atoms with Crippen molar-refractivity contribution in [3.8, 4) is 22.6 Å². The zero-order valence-electron chi connectivity index (χ0n) is 20.0. The van der Waals surface area contributed by atoms with Crippen molar-refractivity contribution in [1.29, 1.82) is 0 Å². The fraction of sp³-hybridized carbons (Fsp3) is 0.276. The lowest BCUT2D eigenvalue weighted by molar-refractivity contribution is 0.0947. The number of nitrogens with one attached hydrogen (secondary N) is 1. The van der Waals surface area contributed by atoms with Gasteiger partial charge in [0.1, 0.15) is 11.5 Å². The van der Waals surface area contributed by atoms with E-state index in [1.54, 1.807) is 6.07 Å². The summed E-state index contributed by atoms with van der Waals surface area (Å²) in [5, 5.41) is 25.4. The van der Waals surface area contributed by atoms with E-state index >= 15 is 0 Å². The zero-order valence-corrected chi connectivity index (χ0v) is 21.6. The molecule has 0 aromatic heterocycles. The highest BCUT2D eigenvalue weighted by atomic mass is 79.9. The number of benzene rings is 3. The Morgan fingerprint density at radius 2 is 1.79 bits per heavy atom. The van der Waals surface area contributed by atoms with Gasteiger partial charge in [-0.15, -0.1) is 0 Å². The second-order valence-electron chi connectivity index (χ2n) is 8.71. The third kappa shape index (κ3) is 5.71. The largest absolute Gasteiger partial charge is 0.507 e. The fourth-order valence-electron chi connectivity index (χ4n) is 4.13. The van der Waals surface area contributed by atoms with E-state index in [9.17, 15) is 15.0 Å². The minimum atomic E-state index is -0.370. The van der Waals surface area contributed by atoms with Crippen LogP contribution < -0.4 is 5.32 Å². The van der Waals surface area contributed by atoms with Crippen LogP contribution in [0, 0.1) is 6.92 Å². The molecule has 0 aliphatic heterocycles. The number of carbonyl (C=O) groups excluding carboxylic acids is 1. The molecule has 5 heteroatoms. The molecule has 3 aromatic rings. The van der Waals surface area contributed by atoms with Gasteiger partial charge in [0.2, 0.25) is 0 Å². The maximum Gasteiger partial charge on any atom is 0.255 e. The van der Waals surface area contributed by atoms with Crippen molar-refractivity contribution in [2.45, 2.75) is 53.0 Å². The van der Waals surface area contributed by atoms with Crippen LogP contribution in [0.25, 0.3) is 16.7 Å². The zero-order chi connectivity index (χ0) is 24.8. The third-order valence-corrected chi connectivity index (χ3v) is 6.71. The number of hydrogen-bond donors (Lipinski definition) is 3. The van der Waals surface area contributed by atoms with Crippen LogP contribution in [0.2, 0.25) is 0 Å². The molecule has 1 amide bonds. The van der Waals surface area contributed by atoms with E-state index in [0.29, 0.717) is 24.1 Å². The highest BCUT2D eigenvalue weighted by molar-refractivity contribution is 9.10. The molecule has 0 spiro atoms. The van der Waals surface area contributed by atoms with Crippen molar-refractivity contribution >= 4 is 27.4 Å². The van der Waals surface area contributed by atoms with E-state index in [1.165, 1.54) is 0 Å². The number of rotatable bonds is 9. The standard InChI is InChI=1S/C29H32BrNO3/c1-5-6-7-10-20-16-25(32)27(23-15-19(4)13-14-22(23)18(2)3)28(33)26(20)29(34)31-17-21-11-8-9-12-24(21)30/h8-9,11-16,32-33H,2,5-7,10,17H2,1,3-4H3,(H,31,34). The van der Waals surface area contributed by atoms with Crippen LogP contribution in [0.15, 0.2) is 59.6 Å². The lowest BCUT2D eigenvalue weighted by Gasteiger charge is -2.19. The van der Waals surface area contributed by atoms with Crippen LogP contribution in [0.4, 0.5) is 0 Å². The predicted molar refractivity (Wildman–Crippen MR) is 143 cm³/mol. The quantitative estimate of drug-likeness (QED) is 0.255. The number of halogens is 1. The molecule has 0 saturated heterocycles. The number of phenolic OH excluding ortho intramolecular Hbond substituents is 2. The Balaban J connectivity index is 2.11. The summed E-state index contributed by atoms with van der Waals surface area (Å²) in [6, 6.07) is 15.1. The van der Waals surface area contributed by atoms with Gasteiger partial charge in [0.05, 0.1) is 11.1 Å². The Hall–Kier alpha value is -3.05. The first-order valence-electron chi connectivity index (χ1n) is 11.6. The minimum absolute atomic E-state index is 0.0422. The number of hydrogen-bond acceptors (Lipinski definition) is 3. The Morgan fingerprint density at radius 3 is 2.47 bits per heavy atom. The summed E-state index contributed by atoms with van der Waals surface area (Å²) in [5.41, 5.74) is 5.30. The molecule has 3 aromatic carbocycles. The van der Waals surface area contributed by atoms with Crippen LogP contribution in [0.3, 0.4) is 0 Å². The molecule has 0 atom stereocenters. The Labute approximate surface area is 210 Å². The summed E-state index contributed by atoms with van der Waals surface area (Å²) in [7, 11) is 0. The van der Waals surface area contributed by atoms with Gasteiger partial charge in [-0.2, -0.15) is 0 Å². The Bertz CT molecular complexity index is 1220. The molecule has 0 saturated carbocycles. The molecule has 0 fully saturated rings. The van der Waals surface area contributed by atoms with Gasteiger partial charge in [-0.1, -0.05) is 89.8 Å². The van der Waals surface area contributed by atoms with E-state index in [4.69, 9.17) is 0 Å². The first-order chi connectivity index (χ1) is 16.2. The molecular formula is C29H32BrNO3. The number of phenols is 2. The smallest absolute Gasteiger partial charge is 0.255 e. The average molecular weight is 522 g/mol. The summed E-state index contributed by atoms with van der Waals surface area (Å²) in [5.74, 6) is -0.616. The van der Waals surface area contributed by atoms with Crippen molar-refractivity contribution < 1.29 is 15.0 Å². The molecule has 0 radical (unpaired) electrons. The van der Waals surface area contributed by atoms with E-state index in [0.717, 1.165) is 46.0 Å². The van der Waals surface area contributed by atoms with Gasteiger partial charge in [0.25, 0.3) is 5.91 Å². The molecule has 178 valence electrons. The van der Waals surface area contributed by atoms with Crippen LogP contribution in [-0.2, 0) is 13.0 Å². The number of aromatic hydroxyl groups is 2. The third-order valence-electron chi connectivity index (χ3n) is 5.94. The summed E-state index contributed by atoms with van der Waals surface area (Å²) in [6.45, 7) is 10.3.